The smallest absolute Gasteiger partial charge is 0.321 e. The van der Waals surface area contributed by atoms with Gasteiger partial charge in [-0.2, -0.15) is 0 Å². The first kappa shape index (κ1) is 21.7. The lowest BCUT2D eigenvalue weighted by Gasteiger charge is -2.31. The Balaban J connectivity index is 2.04. The average Bonchev–Trinajstić information content (AvgIpc) is 3.21. The predicted octanol–water partition coefficient (Wildman–Crippen LogP) is 1.54. The Morgan fingerprint density at radius 2 is 2.00 bits per heavy atom. The molecule has 3 N–H and O–H groups in total. The molecule has 1 aromatic carbocycles. The quantitative estimate of drug-likeness (QED) is 0.338. The molecule has 1 saturated heterocycles. The lowest BCUT2D eigenvalue weighted by atomic mass is 10.1. The van der Waals surface area contributed by atoms with Crippen LogP contribution in [-0.4, -0.2) is 65.1 Å². The van der Waals surface area contributed by atoms with E-state index in [-0.39, 0.29) is 18.5 Å². The van der Waals surface area contributed by atoms with Crippen LogP contribution < -0.4 is 10.8 Å². The first-order chi connectivity index (χ1) is 13.6. The summed E-state index contributed by atoms with van der Waals surface area (Å²) in [5, 5.41) is 11.7. The van der Waals surface area contributed by atoms with Gasteiger partial charge in [0.05, 0.1) is 0 Å². The number of urea groups is 1. The van der Waals surface area contributed by atoms with Crippen molar-refractivity contribution in [2.75, 3.05) is 26.2 Å². The Morgan fingerprint density at radius 1 is 1.25 bits per heavy atom. The zero-order chi connectivity index (χ0) is 20.4. The fourth-order valence-electron chi connectivity index (χ4n) is 3.32. The molecule has 4 amide bonds. The zero-order valence-electron chi connectivity index (χ0n) is 16.4. The maximum absolute atomic E-state index is 13.1. The average molecular weight is 390 g/mol. The molecule has 0 unspecified atom stereocenters. The van der Waals surface area contributed by atoms with Gasteiger partial charge in [0.15, 0.2) is 0 Å². The Bertz CT molecular complexity index is 653. The van der Waals surface area contributed by atoms with Gasteiger partial charge in [-0.25, -0.2) is 10.3 Å². The van der Waals surface area contributed by atoms with Gasteiger partial charge in [0, 0.05) is 19.6 Å². The Morgan fingerprint density at radius 3 is 2.68 bits per heavy atom. The maximum Gasteiger partial charge on any atom is 0.321 e. The monoisotopic (exact) mass is 390 g/mol. The summed E-state index contributed by atoms with van der Waals surface area (Å²) in [6, 6.07) is 8.78. The molecule has 8 heteroatoms. The number of hydrogen-bond acceptors (Lipinski definition) is 4. The molecule has 2 rings (SSSR count). The number of hydrogen-bond donors (Lipinski definition) is 3. The summed E-state index contributed by atoms with van der Waals surface area (Å²) in [4.78, 5) is 40.2. The van der Waals surface area contributed by atoms with Crippen molar-refractivity contribution in [1.29, 1.82) is 0 Å². The van der Waals surface area contributed by atoms with Crippen molar-refractivity contribution in [3.63, 3.8) is 0 Å². The highest BCUT2D eigenvalue weighted by Gasteiger charge is 2.36. The third-order valence-electron chi connectivity index (χ3n) is 4.87. The third kappa shape index (κ3) is 6.23. The number of benzene rings is 1. The largest absolute Gasteiger partial charge is 0.354 e. The van der Waals surface area contributed by atoms with Gasteiger partial charge in [0.1, 0.15) is 12.6 Å². The highest BCUT2D eigenvalue weighted by molar-refractivity contribution is 5.89. The van der Waals surface area contributed by atoms with Crippen LogP contribution in [0.2, 0.25) is 0 Å². The number of amides is 4. The van der Waals surface area contributed by atoms with E-state index < -0.39 is 11.9 Å². The van der Waals surface area contributed by atoms with Crippen molar-refractivity contribution >= 4 is 17.8 Å². The summed E-state index contributed by atoms with van der Waals surface area (Å²) in [5.41, 5.74) is 2.62. The fraction of sp³-hybridized carbons (Fsp3) is 0.550. The van der Waals surface area contributed by atoms with E-state index in [4.69, 9.17) is 5.21 Å². The van der Waals surface area contributed by atoms with Crippen molar-refractivity contribution in [3.8, 4) is 0 Å². The molecule has 8 nitrogen and oxygen atoms in total. The van der Waals surface area contributed by atoms with E-state index in [1.165, 1.54) is 9.80 Å². The molecule has 0 spiro atoms. The molecule has 0 aliphatic carbocycles. The van der Waals surface area contributed by atoms with E-state index in [1.807, 2.05) is 37.3 Å². The van der Waals surface area contributed by atoms with E-state index >= 15 is 0 Å². The molecule has 1 aliphatic heterocycles. The van der Waals surface area contributed by atoms with Crippen molar-refractivity contribution < 1.29 is 19.6 Å². The van der Waals surface area contributed by atoms with Gasteiger partial charge in [-0.3, -0.25) is 14.8 Å². The van der Waals surface area contributed by atoms with Crippen LogP contribution in [0.3, 0.4) is 0 Å². The van der Waals surface area contributed by atoms with E-state index in [0.717, 1.165) is 24.8 Å². The molecule has 0 aromatic heterocycles. The molecule has 1 atom stereocenters. The molecule has 1 fully saturated rings. The van der Waals surface area contributed by atoms with Gasteiger partial charge in [-0.05, 0) is 31.2 Å². The highest BCUT2D eigenvalue weighted by atomic mass is 16.5. The SMILES string of the molecule is CCCCNC(=O)[C@@H]1CCCN1C(=O)N(CCc1ccccc1)CC(=O)NO. The molecular formula is C20H30N4O4. The van der Waals surface area contributed by atoms with E-state index in [1.54, 1.807) is 5.48 Å². The van der Waals surface area contributed by atoms with Crippen LogP contribution in [0.15, 0.2) is 30.3 Å². The number of rotatable bonds is 9. The zero-order valence-corrected chi connectivity index (χ0v) is 16.4. The van der Waals surface area contributed by atoms with Crippen LogP contribution in [0.25, 0.3) is 0 Å². The standard InChI is InChI=1S/C20H30N4O4/c1-2-3-12-21-19(26)17-10-7-13-24(17)20(27)23(15-18(25)22-28)14-11-16-8-5-4-6-9-16/h4-6,8-9,17,28H,2-3,7,10-15H2,1H3,(H,21,26)(H,22,25)/t17-/m0/s1. The topological polar surface area (TPSA) is 102 Å². The van der Waals surface area contributed by atoms with E-state index in [0.29, 0.717) is 32.5 Å². The molecule has 0 saturated carbocycles. The second-order valence-electron chi connectivity index (χ2n) is 6.97. The molecule has 154 valence electrons. The molecule has 0 radical (unpaired) electrons. The van der Waals surface area contributed by atoms with E-state index in [9.17, 15) is 14.4 Å². The fourth-order valence-corrected chi connectivity index (χ4v) is 3.32. The summed E-state index contributed by atoms with van der Waals surface area (Å²) in [5.74, 6) is -0.807. The normalized spacial score (nSPS) is 15.9. The Kier molecular flexibility index (Phi) is 8.74. The van der Waals surface area contributed by atoms with Crippen LogP contribution in [0.4, 0.5) is 4.79 Å². The van der Waals surface area contributed by atoms with Crippen molar-refractivity contribution in [2.45, 2.75) is 45.1 Å². The molecule has 28 heavy (non-hydrogen) atoms. The van der Waals surface area contributed by atoms with Gasteiger partial charge in [-0.15, -0.1) is 0 Å². The van der Waals surface area contributed by atoms with Crippen LogP contribution in [0, 0.1) is 0 Å². The van der Waals surface area contributed by atoms with Crippen molar-refractivity contribution in [2.24, 2.45) is 0 Å². The molecule has 0 bridgehead atoms. The van der Waals surface area contributed by atoms with Gasteiger partial charge < -0.3 is 15.1 Å². The summed E-state index contributed by atoms with van der Waals surface area (Å²) in [7, 11) is 0. The molecule has 1 aliphatic rings. The molecule has 1 heterocycles. The first-order valence-corrected chi connectivity index (χ1v) is 9.87. The second-order valence-corrected chi connectivity index (χ2v) is 6.97. The molecule has 1 aromatic rings. The van der Waals surface area contributed by atoms with Gasteiger partial charge in [0.2, 0.25) is 5.91 Å². The number of nitrogens with one attached hydrogen (secondary N) is 2. The van der Waals surface area contributed by atoms with Crippen molar-refractivity contribution in [3.05, 3.63) is 35.9 Å². The lowest BCUT2D eigenvalue weighted by molar-refractivity contribution is -0.129. The summed E-state index contributed by atoms with van der Waals surface area (Å²) < 4.78 is 0. The maximum atomic E-state index is 13.1. The van der Waals surface area contributed by atoms with E-state index in [2.05, 4.69) is 5.32 Å². The summed E-state index contributed by atoms with van der Waals surface area (Å²) in [6.07, 6.45) is 3.81. The Labute approximate surface area is 165 Å². The minimum atomic E-state index is -0.662. The number of carbonyl (C=O) groups excluding carboxylic acids is 3. The van der Waals surface area contributed by atoms with Crippen LogP contribution in [0.5, 0.6) is 0 Å². The Hall–Kier alpha value is -2.61. The number of hydroxylamine groups is 1. The van der Waals surface area contributed by atoms with Gasteiger partial charge in [0.25, 0.3) is 5.91 Å². The van der Waals surface area contributed by atoms with Crippen LogP contribution >= 0.6 is 0 Å². The van der Waals surface area contributed by atoms with Crippen LogP contribution in [-0.2, 0) is 16.0 Å². The number of likely N-dealkylation sites (tertiary alicyclic amines) is 1. The predicted molar refractivity (Wildman–Crippen MR) is 105 cm³/mol. The minimum Gasteiger partial charge on any atom is -0.354 e. The number of nitrogens with zero attached hydrogens (tertiary/aromatic N) is 2. The number of unbranched alkanes of at least 4 members (excludes halogenated alkanes) is 1. The lowest BCUT2D eigenvalue weighted by Crippen LogP contribution is -2.53. The highest BCUT2D eigenvalue weighted by Crippen LogP contribution is 2.20. The summed E-state index contributed by atoms with van der Waals surface area (Å²) in [6.45, 7) is 3.18. The third-order valence-corrected chi connectivity index (χ3v) is 4.87. The first-order valence-electron chi connectivity index (χ1n) is 9.87. The van der Waals surface area contributed by atoms with Crippen molar-refractivity contribution in [1.82, 2.24) is 20.6 Å². The summed E-state index contributed by atoms with van der Waals surface area (Å²) >= 11 is 0. The minimum absolute atomic E-state index is 0.145. The number of carbonyl (C=O) groups is 3. The van der Waals surface area contributed by atoms with Gasteiger partial charge in [-0.1, -0.05) is 43.7 Å². The molecular weight excluding hydrogens is 360 g/mol. The second kappa shape index (κ2) is 11.3. The van der Waals surface area contributed by atoms with Gasteiger partial charge >= 0.3 is 6.03 Å². The van der Waals surface area contributed by atoms with Crippen LogP contribution in [0.1, 0.15) is 38.2 Å².